The van der Waals surface area contributed by atoms with E-state index in [-0.39, 0.29) is 5.95 Å². The summed E-state index contributed by atoms with van der Waals surface area (Å²) < 4.78 is 5.44. The van der Waals surface area contributed by atoms with Crippen molar-refractivity contribution in [2.75, 3.05) is 5.73 Å². The number of nitrogen functional groups attached to an aromatic ring is 1. The van der Waals surface area contributed by atoms with Crippen molar-refractivity contribution in [1.82, 2.24) is 9.97 Å². The Morgan fingerprint density at radius 1 is 1.13 bits per heavy atom. The fourth-order valence-corrected chi connectivity index (χ4v) is 1.17. The monoisotopic (exact) mass is 201 g/mol. The topological polar surface area (TPSA) is 61.0 Å². The Bertz CT molecular complexity index is 431. The van der Waals surface area contributed by atoms with Crippen molar-refractivity contribution >= 4 is 5.95 Å². The van der Waals surface area contributed by atoms with Gasteiger partial charge in [-0.2, -0.15) is 4.98 Å². The normalized spacial score (nSPS) is 9.87. The van der Waals surface area contributed by atoms with Gasteiger partial charge in [-0.3, -0.25) is 0 Å². The van der Waals surface area contributed by atoms with Gasteiger partial charge in [0.1, 0.15) is 6.61 Å². The van der Waals surface area contributed by atoms with Crippen molar-refractivity contribution in [3.63, 3.8) is 0 Å². The largest absolute Gasteiger partial charge is 0.473 e. The molecule has 0 saturated heterocycles. The molecule has 0 fully saturated rings. The van der Waals surface area contributed by atoms with Gasteiger partial charge in [0.2, 0.25) is 11.8 Å². The zero-order valence-electron chi connectivity index (χ0n) is 8.13. The highest BCUT2D eigenvalue weighted by molar-refractivity contribution is 5.21. The number of rotatable bonds is 3. The number of anilines is 1. The summed E-state index contributed by atoms with van der Waals surface area (Å²) in [5.41, 5.74) is 6.52. The highest BCUT2D eigenvalue weighted by Gasteiger charge is 1.97. The van der Waals surface area contributed by atoms with Gasteiger partial charge in [-0.1, -0.05) is 30.3 Å². The second-order valence-corrected chi connectivity index (χ2v) is 3.03. The molecule has 1 heterocycles. The Morgan fingerprint density at radius 2 is 1.93 bits per heavy atom. The van der Waals surface area contributed by atoms with Crippen LogP contribution in [0.2, 0.25) is 0 Å². The fraction of sp³-hybridized carbons (Fsp3) is 0.0909. The van der Waals surface area contributed by atoms with Crippen molar-refractivity contribution < 1.29 is 4.74 Å². The zero-order valence-corrected chi connectivity index (χ0v) is 8.13. The van der Waals surface area contributed by atoms with Gasteiger partial charge >= 0.3 is 0 Å². The summed E-state index contributed by atoms with van der Waals surface area (Å²) >= 11 is 0. The molecule has 0 radical (unpaired) electrons. The third-order valence-electron chi connectivity index (χ3n) is 1.88. The molecule has 4 heteroatoms. The lowest BCUT2D eigenvalue weighted by Gasteiger charge is -2.04. The van der Waals surface area contributed by atoms with E-state index in [1.807, 2.05) is 30.3 Å². The summed E-state index contributed by atoms with van der Waals surface area (Å²) in [5.74, 6) is 0.715. The fourth-order valence-electron chi connectivity index (χ4n) is 1.17. The Hall–Kier alpha value is -2.10. The van der Waals surface area contributed by atoms with Crippen molar-refractivity contribution in [2.45, 2.75) is 6.61 Å². The standard InChI is InChI=1S/C11H11N3O/c12-11-13-7-6-10(14-11)15-8-9-4-2-1-3-5-9/h1-7H,8H2,(H2,12,13,14). The molecule has 0 spiro atoms. The van der Waals surface area contributed by atoms with Crippen LogP contribution < -0.4 is 10.5 Å². The summed E-state index contributed by atoms with van der Waals surface area (Å²) in [6, 6.07) is 11.6. The Kier molecular flexibility index (Phi) is 2.78. The number of ether oxygens (including phenoxy) is 1. The lowest BCUT2D eigenvalue weighted by Crippen LogP contribution is -2.00. The smallest absolute Gasteiger partial charge is 0.223 e. The second-order valence-electron chi connectivity index (χ2n) is 3.03. The number of hydrogen-bond donors (Lipinski definition) is 1. The minimum absolute atomic E-state index is 0.223. The summed E-state index contributed by atoms with van der Waals surface area (Å²) in [6.07, 6.45) is 1.57. The first-order valence-electron chi connectivity index (χ1n) is 4.60. The molecule has 76 valence electrons. The quantitative estimate of drug-likeness (QED) is 0.820. The molecule has 0 unspecified atom stereocenters. The minimum Gasteiger partial charge on any atom is -0.473 e. The molecule has 0 amide bonds. The van der Waals surface area contributed by atoms with Gasteiger partial charge in [0.15, 0.2) is 0 Å². The predicted molar refractivity (Wildman–Crippen MR) is 57.2 cm³/mol. The van der Waals surface area contributed by atoms with E-state index in [4.69, 9.17) is 10.5 Å². The van der Waals surface area contributed by atoms with E-state index in [0.717, 1.165) is 5.56 Å². The maximum atomic E-state index is 5.44. The number of aromatic nitrogens is 2. The minimum atomic E-state index is 0.223. The van der Waals surface area contributed by atoms with Crippen LogP contribution in [0.1, 0.15) is 5.56 Å². The third-order valence-corrected chi connectivity index (χ3v) is 1.88. The molecule has 2 aromatic rings. The van der Waals surface area contributed by atoms with Gasteiger partial charge < -0.3 is 10.5 Å². The molecule has 0 aliphatic rings. The van der Waals surface area contributed by atoms with Crippen molar-refractivity contribution in [3.05, 3.63) is 48.2 Å². The molecule has 1 aromatic heterocycles. The second kappa shape index (κ2) is 4.41. The number of hydrogen-bond acceptors (Lipinski definition) is 4. The lowest BCUT2D eigenvalue weighted by molar-refractivity contribution is 0.294. The number of nitrogens with two attached hydrogens (primary N) is 1. The molecule has 0 atom stereocenters. The van der Waals surface area contributed by atoms with Crippen molar-refractivity contribution in [1.29, 1.82) is 0 Å². The highest BCUT2D eigenvalue weighted by Crippen LogP contribution is 2.09. The van der Waals surface area contributed by atoms with Crippen LogP contribution in [0.25, 0.3) is 0 Å². The Balaban J connectivity index is 1.99. The Labute approximate surface area is 87.7 Å². The van der Waals surface area contributed by atoms with Gasteiger partial charge in [0, 0.05) is 12.3 Å². The van der Waals surface area contributed by atoms with E-state index in [1.54, 1.807) is 12.3 Å². The van der Waals surface area contributed by atoms with E-state index in [0.29, 0.717) is 12.5 Å². The van der Waals surface area contributed by atoms with E-state index >= 15 is 0 Å². The third kappa shape index (κ3) is 2.67. The van der Waals surface area contributed by atoms with E-state index < -0.39 is 0 Å². The molecule has 2 N–H and O–H groups in total. The van der Waals surface area contributed by atoms with Crippen molar-refractivity contribution in [3.8, 4) is 5.88 Å². The van der Waals surface area contributed by atoms with Crippen LogP contribution in [0.3, 0.4) is 0 Å². The number of nitrogens with zero attached hydrogens (tertiary/aromatic N) is 2. The van der Waals surface area contributed by atoms with Crippen LogP contribution in [0, 0.1) is 0 Å². The van der Waals surface area contributed by atoms with E-state index in [1.165, 1.54) is 0 Å². The molecule has 0 aliphatic carbocycles. The molecule has 0 bridgehead atoms. The lowest BCUT2D eigenvalue weighted by atomic mass is 10.2. The van der Waals surface area contributed by atoms with Crippen molar-refractivity contribution in [2.24, 2.45) is 0 Å². The van der Waals surface area contributed by atoms with Gasteiger partial charge in [-0.25, -0.2) is 4.98 Å². The first-order chi connectivity index (χ1) is 7.34. The van der Waals surface area contributed by atoms with E-state index in [9.17, 15) is 0 Å². The highest BCUT2D eigenvalue weighted by atomic mass is 16.5. The summed E-state index contributed by atoms with van der Waals surface area (Å²) in [5, 5.41) is 0. The SMILES string of the molecule is Nc1nccc(OCc2ccccc2)n1. The first kappa shape index (κ1) is 9.45. The van der Waals surface area contributed by atoms with Crippen LogP contribution in [0.4, 0.5) is 5.95 Å². The van der Waals surface area contributed by atoms with Gasteiger partial charge in [0.05, 0.1) is 0 Å². The van der Waals surface area contributed by atoms with Gasteiger partial charge in [-0.15, -0.1) is 0 Å². The van der Waals surface area contributed by atoms with E-state index in [2.05, 4.69) is 9.97 Å². The average molecular weight is 201 g/mol. The van der Waals surface area contributed by atoms with Gasteiger partial charge in [0.25, 0.3) is 0 Å². The van der Waals surface area contributed by atoms with Crippen LogP contribution >= 0.6 is 0 Å². The Morgan fingerprint density at radius 3 is 2.67 bits per heavy atom. The van der Waals surface area contributed by atoms with Gasteiger partial charge in [-0.05, 0) is 5.56 Å². The molecule has 1 aromatic carbocycles. The molecule has 0 aliphatic heterocycles. The maximum Gasteiger partial charge on any atom is 0.223 e. The molecular formula is C11H11N3O. The van der Waals surface area contributed by atoms with Crippen LogP contribution in [0.5, 0.6) is 5.88 Å². The number of benzene rings is 1. The summed E-state index contributed by atoms with van der Waals surface area (Å²) in [6.45, 7) is 0.483. The summed E-state index contributed by atoms with van der Waals surface area (Å²) in [4.78, 5) is 7.71. The average Bonchev–Trinajstić information content (AvgIpc) is 2.28. The molecule has 15 heavy (non-hydrogen) atoms. The first-order valence-corrected chi connectivity index (χ1v) is 4.60. The van der Waals surface area contributed by atoms with Crippen LogP contribution in [-0.2, 0) is 6.61 Å². The van der Waals surface area contributed by atoms with Crippen LogP contribution in [-0.4, -0.2) is 9.97 Å². The molecule has 0 saturated carbocycles. The maximum absolute atomic E-state index is 5.44. The predicted octanol–water partition coefficient (Wildman–Crippen LogP) is 1.64. The molecule has 4 nitrogen and oxygen atoms in total. The summed E-state index contributed by atoms with van der Waals surface area (Å²) in [7, 11) is 0. The van der Waals surface area contributed by atoms with Crippen LogP contribution in [0.15, 0.2) is 42.6 Å². The zero-order chi connectivity index (χ0) is 10.5. The molecular weight excluding hydrogens is 190 g/mol. The molecule has 2 rings (SSSR count).